The first-order valence-corrected chi connectivity index (χ1v) is 18.9. The molecule has 7 rings (SSSR count). The molecule has 256 valence electrons. The SMILES string of the molecule is C=C(/C=C\c1ccc(=C/C=C(\C)c2ccc3c(c2)C(C)(C)c2ccccc2-3)/c(=C\CC)c1C(C)CC)c1ccc2c(c1)C(C)(C)c1ccccc1-2. The van der Waals surface area contributed by atoms with Gasteiger partial charge in [-0.05, 0) is 126 Å². The fourth-order valence-corrected chi connectivity index (χ4v) is 8.60. The third kappa shape index (κ3) is 5.89. The molecule has 0 N–H and O–H groups in total. The van der Waals surface area contributed by atoms with Crippen LogP contribution in [0, 0.1) is 0 Å². The van der Waals surface area contributed by atoms with Gasteiger partial charge in [-0.3, -0.25) is 0 Å². The summed E-state index contributed by atoms with van der Waals surface area (Å²) < 4.78 is 0. The van der Waals surface area contributed by atoms with Gasteiger partial charge in [0.25, 0.3) is 0 Å². The van der Waals surface area contributed by atoms with E-state index in [1.807, 2.05) is 0 Å². The zero-order chi connectivity index (χ0) is 36.1. The average molecular weight is 665 g/mol. The summed E-state index contributed by atoms with van der Waals surface area (Å²) in [7, 11) is 0. The minimum atomic E-state index is -0.0251. The number of benzene rings is 5. The van der Waals surface area contributed by atoms with Gasteiger partial charge in [-0.2, -0.15) is 0 Å². The van der Waals surface area contributed by atoms with Gasteiger partial charge in [0.05, 0.1) is 0 Å². The lowest BCUT2D eigenvalue weighted by molar-refractivity contribution is 0.660. The van der Waals surface area contributed by atoms with Crippen molar-refractivity contribution >= 4 is 29.4 Å². The largest absolute Gasteiger partial charge is 0.0912 e. The van der Waals surface area contributed by atoms with Crippen LogP contribution in [0.4, 0.5) is 0 Å². The Kier molecular flexibility index (Phi) is 9.01. The van der Waals surface area contributed by atoms with Gasteiger partial charge in [0.2, 0.25) is 0 Å². The quantitative estimate of drug-likeness (QED) is 0.145. The number of allylic oxidation sites excluding steroid dienone is 4. The number of hydrogen-bond donors (Lipinski definition) is 0. The second kappa shape index (κ2) is 13.3. The minimum Gasteiger partial charge on any atom is -0.0912 e. The van der Waals surface area contributed by atoms with E-state index in [4.69, 9.17) is 0 Å². The van der Waals surface area contributed by atoms with E-state index >= 15 is 0 Å². The standard InChI is InChI=1S/C51H52/c1-10-16-40-36(23-21-34(4)38-27-29-43-41-17-12-14-19-45(41)50(6,7)47(43)31-38)25-26-37(49(40)33(3)11-2)24-22-35(5)39-28-30-44-42-18-13-15-20-46(42)51(8,9)48(44)32-39/h12-33H,5,10-11H2,1-4,6-9H3/b24-22-,34-21+,36-23-,40-16+. The normalized spacial score (nSPS) is 16.6. The summed E-state index contributed by atoms with van der Waals surface area (Å²) in [5.74, 6) is 0.425. The van der Waals surface area contributed by atoms with E-state index in [1.165, 1.54) is 82.8 Å². The first-order valence-electron chi connectivity index (χ1n) is 18.9. The maximum atomic E-state index is 4.54. The molecule has 5 aromatic carbocycles. The summed E-state index contributed by atoms with van der Waals surface area (Å²) in [5.41, 5.74) is 18.5. The molecule has 0 radical (unpaired) electrons. The van der Waals surface area contributed by atoms with Gasteiger partial charge in [-0.15, -0.1) is 0 Å². The maximum Gasteiger partial charge on any atom is 0.0159 e. The van der Waals surface area contributed by atoms with E-state index in [0.29, 0.717) is 5.92 Å². The third-order valence-electron chi connectivity index (χ3n) is 11.8. The van der Waals surface area contributed by atoms with Gasteiger partial charge in [-0.25, -0.2) is 0 Å². The van der Waals surface area contributed by atoms with Gasteiger partial charge in [-0.1, -0.05) is 170 Å². The number of rotatable bonds is 8. The first kappa shape index (κ1) is 34.5. The zero-order valence-corrected chi connectivity index (χ0v) is 31.8. The predicted molar refractivity (Wildman–Crippen MR) is 223 cm³/mol. The van der Waals surface area contributed by atoms with Crippen LogP contribution >= 0.6 is 0 Å². The van der Waals surface area contributed by atoms with Crippen LogP contribution in [0.2, 0.25) is 0 Å². The Morgan fingerprint density at radius 3 is 1.82 bits per heavy atom. The molecular weight excluding hydrogens is 613 g/mol. The van der Waals surface area contributed by atoms with Gasteiger partial charge in [0.1, 0.15) is 0 Å². The average Bonchev–Trinajstić information content (AvgIpc) is 3.52. The van der Waals surface area contributed by atoms with Gasteiger partial charge in [0, 0.05) is 10.8 Å². The second-order valence-electron chi connectivity index (χ2n) is 15.7. The topological polar surface area (TPSA) is 0 Å². The highest BCUT2D eigenvalue weighted by Gasteiger charge is 2.36. The fourth-order valence-electron chi connectivity index (χ4n) is 8.60. The molecule has 0 aromatic heterocycles. The monoisotopic (exact) mass is 664 g/mol. The molecule has 0 nitrogen and oxygen atoms in total. The molecule has 1 atom stereocenters. The molecule has 0 heterocycles. The van der Waals surface area contributed by atoms with Crippen LogP contribution in [-0.2, 0) is 10.8 Å². The number of hydrogen-bond acceptors (Lipinski definition) is 0. The van der Waals surface area contributed by atoms with Gasteiger partial charge in [0.15, 0.2) is 0 Å². The lowest BCUT2D eigenvalue weighted by Gasteiger charge is -2.22. The Balaban J connectivity index is 1.22. The molecule has 2 aliphatic carbocycles. The van der Waals surface area contributed by atoms with E-state index < -0.39 is 0 Å². The number of fused-ring (bicyclic) bond motifs is 6. The predicted octanol–water partition coefficient (Wildman–Crippen LogP) is 12.6. The Labute approximate surface area is 306 Å². The van der Waals surface area contributed by atoms with Crippen LogP contribution in [-0.4, -0.2) is 0 Å². The van der Waals surface area contributed by atoms with E-state index in [9.17, 15) is 0 Å². The molecule has 1 unspecified atom stereocenters. The first-order chi connectivity index (χ1) is 24.5. The molecule has 2 aliphatic rings. The summed E-state index contributed by atoms with van der Waals surface area (Å²) >= 11 is 0. The molecule has 0 fully saturated rings. The van der Waals surface area contributed by atoms with Crippen LogP contribution in [0.3, 0.4) is 0 Å². The van der Waals surface area contributed by atoms with Crippen LogP contribution in [0.15, 0.2) is 116 Å². The lowest BCUT2D eigenvalue weighted by Crippen LogP contribution is -2.30. The zero-order valence-electron chi connectivity index (χ0n) is 31.8. The van der Waals surface area contributed by atoms with Crippen molar-refractivity contribution < 1.29 is 0 Å². The van der Waals surface area contributed by atoms with Crippen molar-refractivity contribution in [3.63, 3.8) is 0 Å². The third-order valence-corrected chi connectivity index (χ3v) is 11.8. The molecule has 0 amide bonds. The maximum absolute atomic E-state index is 4.54. The summed E-state index contributed by atoms with van der Waals surface area (Å²) in [4.78, 5) is 0. The Hall–Kier alpha value is -4.94. The Morgan fingerprint density at radius 1 is 0.686 bits per heavy atom. The molecule has 0 heteroatoms. The molecule has 0 saturated carbocycles. The molecule has 0 saturated heterocycles. The summed E-state index contributed by atoms with van der Waals surface area (Å²) in [6.07, 6.45) is 13.6. The molecule has 0 spiro atoms. The summed E-state index contributed by atoms with van der Waals surface area (Å²) in [6.45, 7) is 23.1. The smallest absolute Gasteiger partial charge is 0.0159 e. The summed E-state index contributed by atoms with van der Waals surface area (Å²) in [6, 6.07) is 36.2. The van der Waals surface area contributed by atoms with Gasteiger partial charge >= 0.3 is 0 Å². The molecular formula is C51H52. The Morgan fingerprint density at radius 2 is 1.24 bits per heavy atom. The van der Waals surface area contributed by atoms with Crippen molar-refractivity contribution in [2.45, 2.75) is 85.0 Å². The molecule has 5 aromatic rings. The Bertz CT molecular complexity index is 2370. The van der Waals surface area contributed by atoms with Crippen LogP contribution in [0.5, 0.6) is 0 Å². The van der Waals surface area contributed by atoms with E-state index in [0.717, 1.165) is 18.4 Å². The van der Waals surface area contributed by atoms with Crippen molar-refractivity contribution in [2.75, 3.05) is 0 Å². The van der Waals surface area contributed by atoms with Crippen molar-refractivity contribution in [2.24, 2.45) is 0 Å². The van der Waals surface area contributed by atoms with Crippen molar-refractivity contribution in [3.05, 3.63) is 171 Å². The van der Waals surface area contributed by atoms with Crippen molar-refractivity contribution in [1.29, 1.82) is 0 Å². The summed E-state index contributed by atoms with van der Waals surface area (Å²) in [5, 5.41) is 2.63. The van der Waals surface area contributed by atoms with Crippen molar-refractivity contribution in [3.8, 4) is 22.3 Å². The van der Waals surface area contributed by atoms with Crippen LogP contribution < -0.4 is 10.4 Å². The molecule has 0 aliphatic heterocycles. The highest BCUT2D eigenvalue weighted by atomic mass is 14.4. The lowest BCUT2D eigenvalue weighted by atomic mass is 9.81. The molecule has 51 heavy (non-hydrogen) atoms. The molecule has 0 bridgehead atoms. The fraction of sp³-hybridized carbons (Fsp3) is 0.255. The van der Waals surface area contributed by atoms with E-state index in [-0.39, 0.29) is 10.8 Å². The van der Waals surface area contributed by atoms with Crippen LogP contribution in [0.1, 0.15) is 119 Å². The van der Waals surface area contributed by atoms with Gasteiger partial charge < -0.3 is 0 Å². The van der Waals surface area contributed by atoms with E-state index in [1.54, 1.807) is 0 Å². The highest BCUT2D eigenvalue weighted by molar-refractivity contribution is 5.86. The minimum absolute atomic E-state index is 0.00197. The van der Waals surface area contributed by atoms with Crippen LogP contribution in [0.25, 0.3) is 51.6 Å². The van der Waals surface area contributed by atoms with E-state index in [2.05, 4.69) is 189 Å². The van der Waals surface area contributed by atoms with Crippen molar-refractivity contribution in [1.82, 2.24) is 0 Å². The second-order valence-corrected chi connectivity index (χ2v) is 15.7. The highest BCUT2D eigenvalue weighted by Crippen LogP contribution is 2.50.